The van der Waals surface area contributed by atoms with Gasteiger partial charge < -0.3 is 10.4 Å². The zero-order chi connectivity index (χ0) is 26.4. The normalized spacial score (nSPS) is 12.4. The smallest absolute Gasteiger partial charge is 0.356 e. The third kappa shape index (κ3) is 4.65. The van der Waals surface area contributed by atoms with Gasteiger partial charge in [-0.2, -0.15) is 5.26 Å². The number of thiophene rings is 1. The maximum Gasteiger partial charge on any atom is 0.356 e. The van der Waals surface area contributed by atoms with Crippen LogP contribution in [0.5, 0.6) is 0 Å². The fraction of sp³-hybridized carbons (Fsp3) is 0.208. The topological polar surface area (TPSA) is 120 Å². The highest BCUT2D eigenvalue weighted by Gasteiger charge is 2.29. The van der Waals surface area contributed by atoms with Gasteiger partial charge in [-0.25, -0.2) is 23.5 Å². The quantitative estimate of drug-likeness (QED) is 0.310. The standard InChI is InChI=1S/C24H18ClF2N5O3S/c1-11-19(17-6-4-14(9-28)36-17)31-21-15(8-13(24(3,26)27)10-32(21)22(11)33)12(2)29-16-5-7-18(25)30-20(16)23(34)35/h4-8,10,12,29H,1-3H3,(H,34,35). The molecule has 4 rings (SSSR count). The van der Waals surface area contributed by atoms with Crippen molar-refractivity contribution in [3.63, 3.8) is 0 Å². The molecule has 0 aliphatic heterocycles. The number of carboxylic acids is 1. The number of rotatable bonds is 6. The van der Waals surface area contributed by atoms with Gasteiger partial charge in [-0.05, 0) is 44.2 Å². The van der Waals surface area contributed by atoms with Gasteiger partial charge in [0.25, 0.3) is 11.5 Å². The number of fused-ring (bicyclic) bond motifs is 1. The zero-order valence-electron chi connectivity index (χ0n) is 19.1. The van der Waals surface area contributed by atoms with Crippen LogP contribution in [-0.4, -0.2) is 25.4 Å². The van der Waals surface area contributed by atoms with Gasteiger partial charge in [0.2, 0.25) is 0 Å². The van der Waals surface area contributed by atoms with Crippen LogP contribution in [0.4, 0.5) is 14.5 Å². The van der Waals surface area contributed by atoms with E-state index in [0.717, 1.165) is 28.9 Å². The number of nitrogens with zero attached hydrogens (tertiary/aromatic N) is 4. The van der Waals surface area contributed by atoms with Gasteiger partial charge in [0.05, 0.1) is 22.3 Å². The summed E-state index contributed by atoms with van der Waals surface area (Å²) in [5.74, 6) is -4.60. The van der Waals surface area contributed by atoms with E-state index in [2.05, 4.69) is 15.3 Å². The van der Waals surface area contributed by atoms with Crippen molar-refractivity contribution < 1.29 is 18.7 Å². The molecule has 8 nitrogen and oxygen atoms in total. The Labute approximate surface area is 212 Å². The summed E-state index contributed by atoms with van der Waals surface area (Å²) < 4.78 is 29.9. The molecule has 0 saturated carbocycles. The van der Waals surface area contributed by atoms with E-state index in [4.69, 9.17) is 11.6 Å². The van der Waals surface area contributed by atoms with Crippen molar-refractivity contribution in [2.24, 2.45) is 0 Å². The molecule has 4 heterocycles. The van der Waals surface area contributed by atoms with E-state index in [9.17, 15) is 28.7 Å². The lowest BCUT2D eigenvalue weighted by atomic mass is 10.0. The van der Waals surface area contributed by atoms with Crippen molar-refractivity contribution in [2.75, 3.05) is 5.32 Å². The molecule has 0 spiro atoms. The average molecular weight is 530 g/mol. The molecule has 0 aliphatic rings. The number of carboxylic acid groups (broad SMARTS) is 1. The summed E-state index contributed by atoms with van der Waals surface area (Å²) in [6.07, 6.45) is 1.05. The second-order valence-corrected chi connectivity index (χ2v) is 9.60. The first-order valence-corrected chi connectivity index (χ1v) is 11.7. The van der Waals surface area contributed by atoms with Gasteiger partial charge >= 0.3 is 5.97 Å². The number of nitriles is 1. The third-order valence-electron chi connectivity index (χ3n) is 5.54. The Morgan fingerprint density at radius 3 is 2.64 bits per heavy atom. The second kappa shape index (κ2) is 9.29. The predicted octanol–water partition coefficient (Wildman–Crippen LogP) is 5.63. The van der Waals surface area contributed by atoms with Crippen molar-refractivity contribution in [3.8, 4) is 16.6 Å². The Morgan fingerprint density at radius 2 is 2.03 bits per heavy atom. The lowest BCUT2D eigenvalue weighted by Gasteiger charge is -2.22. The molecule has 0 saturated heterocycles. The summed E-state index contributed by atoms with van der Waals surface area (Å²) in [7, 11) is 0. The predicted molar refractivity (Wildman–Crippen MR) is 132 cm³/mol. The Bertz CT molecular complexity index is 1620. The number of hydrogen-bond acceptors (Lipinski definition) is 7. The van der Waals surface area contributed by atoms with Crippen LogP contribution in [0, 0.1) is 18.3 Å². The number of carbonyl (C=O) groups is 1. The first kappa shape index (κ1) is 25.2. The fourth-order valence-corrected chi connectivity index (χ4v) is 4.70. The van der Waals surface area contributed by atoms with E-state index in [1.807, 2.05) is 6.07 Å². The van der Waals surface area contributed by atoms with E-state index >= 15 is 0 Å². The Morgan fingerprint density at radius 1 is 1.31 bits per heavy atom. The van der Waals surface area contributed by atoms with Gasteiger partial charge in [0.15, 0.2) is 5.69 Å². The zero-order valence-corrected chi connectivity index (χ0v) is 20.7. The highest BCUT2D eigenvalue weighted by atomic mass is 35.5. The summed E-state index contributed by atoms with van der Waals surface area (Å²) >= 11 is 6.99. The molecular formula is C24H18ClF2N5O3S. The van der Waals surface area contributed by atoms with Crippen molar-refractivity contribution >= 4 is 40.2 Å². The van der Waals surface area contributed by atoms with Crippen molar-refractivity contribution in [2.45, 2.75) is 32.7 Å². The molecule has 184 valence electrons. The molecule has 1 atom stereocenters. The van der Waals surface area contributed by atoms with E-state index in [1.54, 1.807) is 26.0 Å². The van der Waals surface area contributed by atoms with Gasteiger partial charge in [-0.1, -0.05) is 11.6 Å². The Hall–Kier alpha value is -3.88. The van der Waals surface area contributed by atoms with E-state index in [1.165, 1.54) is 18.2 Å². The number of alkyl halides is 2. The van der Waals surface area contributed by atoms with E-state index < -0.39 is 29.1 Å². The third-order valence-corrected chi connectivity index (χ3v) is 6.74. The van der Waals surface area contributed by atoms with Gasteiger partial charge in [0.1, 0.15) is 21.7 Å². The summed E-state index contributed by atoms with van der Waals surface area (Å²) in [6, 6.07) is 8.59. The van der Waals surface area contributed by atoms with Crippen LogP contribution in [0.15, 0.2) is 41.3 Å². The fourth-order valence-electron chi connectivity index (χ4n) is 3.70. The van der Waals surface area contributed by atoms with Crippen molar-refractivity contribution in [3.05, 3.63) is 79.3 Å². The summed E-state index contributed by atoms with van der Waals surface area (Å²) in [4.78, 5) is 34.4. The first-order valence-electron chi connectivity index (χ1n) is 10.5. The molecule has 0 fully saturated rings. The maximum absolute atomic E-state index is 14.4. The molecule has 2 N–H and O–H groups in total. The molecule has 4 aromatic rings. The minimum atomic E-state index is -3.27. The second-order valence-electron chi connectivity index (χ2n) is 8.13. The average Bonchev–Trinajstić information content (AvgIpc) is 3.30. The molecule has 12 heteroatoms. The number of nitrogens with one attached hydrogen (secondary N) is 1. The lowest BCUT2D eigenvalue weighted by Crippen LogP contribution is -2.24. The molecule has 0 radical (unpaired) electrons. The number of hydrogen-bond donors (Lipinski definition) is 2. The SMILES string of the molecule is Cc1c(-c2ccc(C#N)s2)nc2c(C(C)Nc3ccc(Cl)nc3C(=O)O)cc(C(C)(F)F)cn2c1=O. The van der Waals surface area contributed by atoms with Crippen LogP contribution in [0.3, 0.4) is 0 Å². The van der Waals surface area contributed by atoms with Gasteiger partial charge in [0, 0.05) is 29.8 Å². The highest BCUT2D eigenvalue weighted by molar-refractivity contribution is 7.16. The molecular weight excluding hydrogens is 512 g/mol. The molecule has 0 bridgehead atoms. The number of halogens is 3. The van der Waals surface area contributed by atoms with Crippen LogP contribution >= 0.6 is 22.9 Å². The van der Waals surface area contributed by atoms with Crippen molar-refractivity contribution in [1.82, 2.24) is 14.4 Å². The summed E-state index contributed by atoms with van der Waals surface area (Å²) in [5.41, 5.74) is -0.286. The Balaban J connectivity index is 1.96. The largest absolute Gasteiger partial charge is 0.476 e. The van der Waals surface area contributed by atoms with Crippen LogP contribution in [-0.2, 0) is 5.92 Å². The van der Waals surface area contributed by atoms with Crippen LogP contribution in [0.2, 0.25) is 5.15 Å². The van der Waals surface area contributed by atoms with E-state index in [-0.39, 0.29) is 33.3 Å². The molecule has 0 amide bonds. The van der Waals surface area contributed by atoms with Crippen LogP contribution < -0.4 is 10.9 Å². The monoisotopic (exact) mass is 529 g/mol. The lowest BCUT2D eigenvalue weighted by molar-refractivity contribution is 0.0169. The van der Waals surface area contributed by atoms with Crippen LogP contribution in [0.1, 0.15) is 51.9 Å². The minimum absolute atomic E-state index is 0.0234. The molecule has 1 unspecified atom stereocenters. The van der Waals surface area contributed by atoms with Gasteiger partial charge in [-0.3, -0.25) is 9.20 Å². The number of anilines is 1. The highest BCUT2D eigenvalue weighted by Crippen LogP contribution is 2.34. The number of aromatic nitrogens is 3. The molecule has 4 aromatic heterocycles. The van der Waals surface area contributed by atoms with Gasteiger partial charge in [-0.15, -0.1) is 11.3 Å². The number of aromatic carboxylic acids is 1. The van der Waals surface area contributed by atoms with Crippen molar-refractivity contribution in [1.29, 1.82) is 5.26 Å². The molecule has 0 aliphatic carbocycles. The maximum atomic E-state index is 14.4. The van der Waals surface area contributed by atoms with E-state index in [0.29, 0.717) is 15.4 Å². The molecule has 36 heavy (non-hydrogen) atoms. The minimum Gasteiger partial charge on any atom is -0.476 e. The first-order chi connectivity index (χ1) is 16.9. The molecule has 0 aromatic carbocycles. The number of pyridine rings is 2. The Kier molecular flexibility index (Phi) is 6.51. The van der Waals surface area contributed by atoms with Crippen LogP contribution in [0.25, 0.3) is 16.2 Å². The summed E-state index contributed by atoms with van der Waals surface area (Å²) in [6.45, 7) is 3.88. The summed E-state index contributed by atoms with van der Waals surface area (Å²) in [5, 5.41) is 21.6.